The van der Waals surface area contributed by atoms with Gasteiger partial charge in [-0.25, -0.2) is 8.42 Å². The van der Waals surface area contributed by atoms with Gasteiger partial charge in [0.1, 0.15) is 9.84 Å². The number of rotatable bonds is 9. The summed E-state index contributed by atoms with van der Waals surface area (Å²) in [5.74, 6) is 0.0584. The second-order valence-electron chi connectivity index (χ2n) is 5.89. The molecule has 0 aromatic carbocycles. The third kappa shape index (κ3) is 6.38. The summed E-state index contributed by atoms with van der Waals surface area (Å²) in [4.78, 5) is 12.0. The fourth-order valence-corrected chi connectivity index (χ4v) is 3.93. The lowest BCUT2D eigenvalue weighted by Crippen LogP contribution is -2.41. The first-order valence-corrected chi connectivity index (χ1v) is 9.03. The molecule has 6 heteroatoms. The first kappa shape index (κ1) is 16.4. The fraction of sp³-hybridized carbons (Fsp3) is 0.923. The van der Waals surface area contributed by atoms with Crippen LogP contribution < -0.4 is 11.1 Å². The molecule has 1 saturated carbocycles. The molecular weight excluding hydrogens is 264 g/mol. The maximum absolute atomic E-state index is 12.0. The third-order valence-electron chi connectivity index (χ3n) is 3.62. The van der Waals surface area contributed by atoms with E-state index in [1.165, 1.54) is 6.26 Å². The molecule has 5 nitrogen and oxygen atoms in total. The SMILES string of the molecule is CCCCC(CN)NC(=O)CC1(CS(C)(=O)=O)CC1. The number of nitrogens with two attached hydrogens (primary N) is 1. The Morgan fingerprint density at radius 1 is 1.42 bits per heavy atom. The average molecular weight is 290 g/mol. The van der Waals surface area contributed by atoms with Crippen LogP contribution in [-0.4, -0.2) is 38.9 Å². The Labute approximate surface area is 116 Å². The van der Waals surface area contributed by atoms with Crippen molar-refractivity contribution in [2.24, 2.45) is 11.1 Å². The Morgan fingerprint density at radius 2 is 2.05 bits per heavy atom. The summed E-state index contributed by atoms with van der Waals surface area (Å²) in [6.45, 7) is 2.53. The van der Waals surface area contributed by atoms with Crippen LogP contribution in [0.2, 0.25) is 0 Å². The van der Waals surface area contributed by atoms with Gasteiger partial charge >= 0.3 is 0 Å². The molecule has 0 heterocycles. The highest BCUT2D eigenvalue weighted by Crippen LogP contribution is 2.49. The minimum Gasteiger partial charge on any atom is -0.352 e. The third-order valence-corrected chi connectivity index (χ3v) is 4.75. The normalized spacial score (nSPS) is 18.9. The van der Waals surface area contributed by atoms with Crippen LogP contribution in [0, 0.1) is 5.41 Å². The molecule has 1 aliphatic rings. The van der Waals surface area contributed by atoms with E-state index in [-0.39, 0.29) is 23.1 Å². The minimum atomic E-state index is -3.02. The van der Waals surface area contributed by atoms with Gasteiger partial charge in [-0.05, 0) is 24.7 Å². The Bertz CT molecular complexity index is 402. The van der Waals surface area contributed by atoms with Gasteiger partial charge < -0.3 is 11.1 Å². The van der Waals surface area contributed by atoms with Gasteiger partial charge in [0.2, 0.25) is 5.91 Å². The number of hydrogen-bond donors (Lipinski definition) is 2. The molecule has 1 amide bonds. The first-order chi connectivity index (χ1) is 8.80. The van der Waals surface area contributed by atoms with E-state index in [0.717, 1.165) is 32.1 Å². The number of carbonyl (C=O) groups excluding carboxylic acids is 1. The van der Waals surface area contributed by atoms with Crippen molar-refractivity contribution < 1.29 is 13.2 Å². The Balaban J connectivity index is 2.42. The lowest BCUT2D eigenvalue weighted by atomic mass is 10.0. The topological polar surface area (TPSA) is 89.3 Å². The summed E-state index contributed by atoms with van der Waals surface area (Å²) in [5.41, 5.74) is 5.33. The van der Waals surface area contributed by atoms with Crippen molar-refractivity contribution in [1.29, 1.82) is 0 Å². The Hall–Kier alpha value is -0.620. The molecule has 1 atom stereocenters. The zero-order valence-corrected chi connectivity index (χ0v) is 12.8. The van der Waals surface area contributed by atoms with Crippen molar-refractivity contribution in [3.8, 4) is 0 Å². The highest BCUT2D eigenvalue weighted by atomic mass is 32.2. The largest absolute Gasteiger partial charge is 0.352 e. The maximum Gasteiger partial charge on any atom is 0.220 e. The monoisotopic (exact) mass is 290 g/mol. The van der Waals surface area contributed by atoms with Crippen molar-refractivity contribution in [3.63, 3.8) is 0 Å². The van der Waals surface area contributed by atoms with Crippen LogP contribution in [0.15, 0.2) is 0 Å². The van der Waals surface area contributed by atoms with E-state index < -0.39 is 9.84 Å². The van der Waals surface area contributed by atoms with Gasteiger partial charge in [-0.2, -0.15) is 0 Å². The molecule has 1 rings (SSSR count). The highest BCUT2D eigenvalue weighted by molar-refractivity contribution is 7.90. The maximum atomic E-state index is 12.0. The van der Waals surface area contributed by atoms with Gasteiger partial charge in [0.05, 0.1) is 5.75 Å². The molecule has 19 heavy (non-hydrogen) atoms. The van der Waals surface area contributed by atoms with E-state index in [9.17, 15) is 13.2 Å². The van der Waals surface area contributed by atoms with Crippen LogP contribution in [0.25, 0.3) is 0 Å². The van der Waals surface area contributed by atoms with E-state index in [0.29, 0.717) is 13.0 Å². The van der Waals surface area contributed by atoms with E-state index in [1.54, 1.807) is 0 Å². The molecule has 1 aliphatic carbocycles. The predicted octanol–water partition coefficient (Wildman–Crippen LogP) is 0.835. The zero-order chi connectivity index (χ0) is 14.5. The molecule has 1 fully saturated rings. The minimum absolute atomic E-state index is 0.0153. The molecule has 0 bridgehead atoms. The number of carbonyl (C=O) groups is 1. The summed E-state index contributed by atoms with van der Waals surface area (Å²) in [5, 5.41) is 2.92. The van der Waals surface area contributed by atoms with Crippen LogP contribution in [0.1, 0.15) is 45.4 Å². The molecule has 1 unspecified atom stereocenters. The van der Waals surface area contributed by atoms with E-state index in [1.807, 2.05) is 0 Å². The van der Waals surface area contributed by atoms with E-state index in [4.69, 9.17) is 5.73 Å². The molecule has 3 N–H and O–H groups in total. The van der Waals surface area contributed by atoms with Crippen molar-refractivity contribution in [2.75, 3.05) is 18.6 Å². The number of hydrogen-bond acceptors (Lipinski definition) is 4. The summed E-state index contributed by atoms with van der Waals surface area (Å²) in [6.07, 6.45) is 6.20. The Kier molecular flexibility index (Phi) is 5.80. The number of unbranched alkanes of at least 4 members (excludes halogenated alkanes) is 1. The summed E-state index contributed by atoms with van der Waals surface area (Å²) >= 11 is 0. The number of nitrogens with one attached hydrogen (secondary N) is 1. The van der Waals surface area contributed by atoms with Gasteiger partial charge in [-0.1, -0.05) is 19.8 Å². The van der Waals surface area contributed by atoms with Gasteiger partial charge in [0.15, 0.2) is 0 Å². The van der Waals surface area contributed by atoms with Crippen LogP contribution in [0.5, 0.6) is 0 Å². The molecule has 112 valence electrons. The second kappa shape index (κ2) is 6.70. The van der Waals surface area contributed by atoms with Gasteiger partial charge in [0.25, 0.3) is 0 Å². The molecular formula is C13H26N2O3S. The second-order valence-corrected chi connectivity index (χ2v) is 8.03. The summed E-state index contributed by atoms with van der Waals surface area (Å²) in [7, 11) is -3.02. The fourth-order valence-electron chi connectivity index (χ4n) is 2.42. The van der Waals surface area contributed by atoms with Gasteiger partial charge in [-0.15, -0.1) is 0 Å². The predicted molar refractivity (Wildman–Crippen MR) is 76.5 cm³/mol. The van der Waals surface area contributed by atoms with Crippen LogP contribution in [-0.2, 0) is 14.6 Å². The number of amides is 1. The lowest BCUT2D eigenvalue weighted by Gasteiger charge is -2.19. The lowest BCUT2D eigenvalue weighted by molar-refractivity contribution is -0.122. The van der Waals surface area contributed by atoms with Crippen LogP contribution in [0.4, 0.5) is 0 Å². The molecule has 0 aromatic heterocycles. The van der Waals surface area contributed by atoms with Crippen molar-refractivity contribution in [1.82, 2.24) is 5.32 Å². The molecule has 0 aromatic rings. The summed E-state index contributed by atoms with van der Waals surface area (Å²) < 4.78 is 22.7. The van der Waals surface area contributed by atoms with Crippen LogP contribution >= 0.6 is 0 Å². The van der Waals surface area contributed by atoms with Crippen molar-refractivity contribution in [3.05, 3.63) is 0 Å². The van der Waals surface area contributed by atoms with E-state index in [2.05, 4.69) is 12.2 Å². The quantitative estimate of drug-likeness (QED) is 0.658. The average Bonchev–Trinajstić information content (AvgIpc) is 3.00. The molecule has 0 aliphatic heterocycles. The van der Waals surface area contributed by atoms with Crippen molar-refractivity contribution >= 4 is 15.7 Å². The van der Waals surface area contributed by atoms with Gasteiger partial charge in [-0.3, -0.25) is 4.79 Å². The first-order valence-electron chi connectivity index (χ1n) is 6.97. The smallest absolute Gasteiger partial charge is 0.220 e. The summed E-state index contributed by atoms with van der Waals surface area (Å²) in [6, 6.07) is 0.0153. The number of sulfone groups is 1. The van der Waals surface area contributed by atoms with E-state index >= 15 is 0 Å². The highest BCUT2D eigenvalue weighted by Gasteiger charge is 2.46. The Morgan fingerprint density at radius 3 is 2.47 bits per heavy atom. The van der Waals surface area contributed by atoms with Crippen molar-refractivity contribution in [2.45, 2.75) is 51.5 Å². The molecule has 0 saturated heterocycles. The van der Waals surface area contributed by atoms with Crippen LogP contribution in [0.3, 0.4) is 0 Å². The zero-order valence-electron chi connectivity index (χ0n) is 11.9. The molecule has 0 radical (unpaired) electrons. The standard InChI is InChI=1S/C13H26N2O3S/c1-3-4-5-11(9-14)15-12(16)8-13(6-7-13)10-19(2,17)18/h11H,3-10,14H2,1-2H3,(H,15,16). The molecule has 0 spiro atoms. The van der Waals surface area contributed by atoms with Gasteiger partial charge in [0, 0.05) is 25.3 Å².